The Balaban J connectivity index is 1.82. The number of aryl methyl sites for hydroxylation is 1. The average Bonchev–Trinajstić information content (AvgIpc) is 2.86. The van der Waals surface area contributed by atoms with Crippen molar-refractivity contribution < 1.29 is 4.79 Å². The number of carbonyl (C=O) groups excluding carboxylic acids is 1. The molecular weight excluding hydrogens is 260 g/mol. The zero-order valence-corrected chi connectivity index (χ0v) is 12.6. The average molecular weight is 282 g/mol. The molecule has 21 heavy (non-hydrogen) atoms. The van der Waals surface area contributed by atoms with Gasteiger partial charge in [0.2, 0.25) is 0 Å². The quantitative estimate of drug-likeness (QED) is 0.812. The Bertz CT molecular complexity index is 611. The fraction of sp³-hybridized carbons (Fsp3) is 0.444. The Morgan fingerprint density at radius 1 is 1.29 bits per heavy atom. The number of hydrogen-bond donors (Lipinski definition) is 0. The van der Waals surface area contributed by atoms with Crippen LogP contribution in [0.2, 0.25) is 0 Å². The van der Waals surface area contributed by atoms with E-state index in [1.165, 1.54) is 5.56 Å². The highest BCUT2D eigenvalue weighted by Crippen LogP contribution is 2.45. The monoisotopic (exact) mass is 282 g/mol. The molecule has 1 saturated carbocycles. The van der Waals surface area contributed by atoms with E-state index in [9.17, 15) is 4.79 Å². The Morgan fingerprint density at radius 2 is 2.05 bits per heavy atom. The molecule has 3 heteroatoms. The number of benzene rings is 1. The van der Waals surface area contributed by atoms with Crippen molar-refractivity contribution >= 4 is 5.78 Å². The van der Waals surface area contributed by atoms with Crippen molar-refractivity contribution in [2.45, 2.75) is 51.0 Å². The van der Waals surface area contributed by atoms with Gasteiger partial charge in [-0.05, 0) is 24.8 Å². The van der Waals surface area contributed by atoms with Crippen LogP contribution in [0.5, 0.6) is 0 Å². The molecule has 1 aromatic heterocycles. The third-order valence-corrected chi connectivity index (χ3v) is 4.65. The molecule has 1 aromatic carbocycles. The van der Waals surface area contributed by atoms with Crippen molar-refractivity contribution in [2.24, 2.45) is 0 Å². The summed E-state index contributed by atoms with van der Waals surface area (Å²) in [6, 6.07) is 10.3. The van der Waals surface area contributed by atoms with Gasteiger partial charge in [-0.15, -0.1) is 0 Å². The van der Waals surface area contributed by atoms with Crippen LogP contribution in [-0.4, -0.2) is 15.3 Å². The van der Waals surface area contributed by atoms with Crippen LogP contribution in [0.4, 0.5) is 0 Å². The first-order valence-electron chi connectivity index (χ1n) is 7.85. The molecule has 1 aliphatic carbocycles. The molecule has 0 radical (unpaired) electrons. The van der Waals surface area contributed by atoms with Gasteiger partial charge < -0.3 is 4.57 Å². The van der Waals surface area contributed by atoms with Crippen molar-refractivity contribution in [2.75, 3.05) is 0 Å². The lowest BCUT2D eigenvalue weighted by Gasteiger charge is -2.41. The van der Waals surface area contributed by atoms with Gasteiger partial charge in [0.1, 0.15) is 5.82 Å². The van der Waals surface area contributed by atoms with E-state index >= 15 is 0 Å². The molecular formula is C18H22N2O. The fourth-order valence-electron chi connectivity index (χ4n) is 3.28. The number of imidazole rings is 1. The topological polar surface area (TPSA) is 34.9 Å². The molecule has 110 valence electrons. The lowest BCUT2D eigenvalue weighted by molar-refractivity contribution is -0.127. The summed E-state index contributed by atoms with van der Waals surface area (Å²) in [6.45, 7) is 3.07. The lowest BCUT2D eigenvalue weighted by Crippen LogP contribution is -2.43. The molecule has 0 spiro atoms. The van der Waals surface area contributed by atoms with Gasteiger partial charge in [0, 0.05) is 18.9 Å². The van der Waals surface area contributed by atoms with Crippen molar-refractivity contribution in [1.29, 1.82) is 0 Å². The Morgan fingerprint density at radius 3 is 2.67 bits per heavy atom. The van der Waals surface area contributed by atoms with E-state index in [2.05, 4.69) is 28.6 Å². The molecule has 0 saturated heterocycles. The van der Waals surface area contributed by atoms with E-state index in [-0.39, 0.29) is 5.41 Å². The maximum Gasteiger partial charge on any atom is 0.150 e. The molecule has 0 N–H and O–H groups in total. The third kappa shape index (κ3) is 2.53. The first-order valence-corrected chi connectivity index (χ1v) is 7.85. The number of rotatable bonds is 6. The van der Waals surface area contributed by atoms with Crippen LogP contribution in [-0.2, 0) is 23.2 Å². The lowest BCUT2D eigenvalue weighted by atomic mass is 9.61. The highest BCUT2D eigenvalue weighted by Gasteiger charge is 2.45. The van der Waals surface area contributed by atoms with Crippen molar-refractivity contribution in [3.63, 3.8) is 0 Å². The van der Waals surface area contributed by atoms with Gasteiger partial charge >= 0.3 is 0 Å². The zero-order chi connectivity index (χ0) is 14.7. The van der Waals surface area contributed by atoms with Crippen LogP contribution in [0.15, 0.2) is 42.7 Å². The second-order valence-electron chi connectivity index (χ2n) is 5.94. The second-order valence-corrected chi connectivity index (χ2v) is 5.94. The summed E-state index contributed by atoms with van der Waals surface area (Å²) in [5.74, 6) is 1.23. The third-order valence-electron chi connectivity index (χ3n) is 4.65. The minimum Gasteiger partial charge on any atom is -0.335 e. The highest BCUT2D eigenvalue weighted by atomic mass is 16.1. The van der Waals surface area contributed by atoms with E-state index in [1.807, 2.05) is 24.4 Å². The molecule has 3 rings (SSSR count). The zero-order valence-electron chi connectivity index (χ0n) is 12.6. The van der Waals surface area contributed by atoms with E-state index in [4.69, 9.17) is 0 Å². The summed E-state index contributed by atoms with van der Waals surface area (Å²) in [7, 11) is 0. The maximum absolute atomic E-state index is 12.9. The summed E-state index contributed by atoms with van der Waals surface area (Å²) >= 11 is 0. The fourth-order valence-corrected chi connectivity index (χ4v) is 3.28. The van der Waals surface area contributed by atoms with Crippen LogP contribution in [0.1, 0.15) is 44.0 Å². The highest BCUT2D eigenvalue weighted by molar-refractivity contribution is 5.92. The van der Waals surface area contributed by atoms with Gasteiger partial charge in [-0.25, -0.2) is 4.98 Å². The number of Topliss-reactive ketones (excluding diaryl/α,β-unsaturated/α-hetero) is 1. The SMILES string of the molecule is CCCn1ccnc1CC(=O)C1(c2ccccc2)CCC1. The van der Waals surface area contributed by atoms with Crippen LogP contribution in [0.3, 0.4) is 0 Å². The molecule has 1 aliphatic rings. The van der Waals surface area contributed by atoms with Crippen LogP contribution >= 0.6 is 0 Å². The maximum atomic E-state index is 12.9. The number of ketones is 1. The predicted octanol–water partition coefficient (Wildman–Crippen LogP) is 3.53. The molecule has 0 unspecified atom stereocenters. The van der Waals surface area contributed by atoms with E-state index in [0.29, 0.717) is 12.2 Å². The summed E-state index contributed by atoms with van der Waals surface area (Å²) in [4.78, 5) is 17.3. The van der Waals surface area contributed by atoms with Crippen molar-refractivity contribution in [3.8, 4) is 0 Å². The molecule has 0 aliphatic heterocycles. The summed E-state index contributed by atoms with van der Waals surface area (Å²) in [5, 5.41) is 0. The summed E-state index contributed by atoms with van der Waals surface area (Å²) < 4.78 is 2.11. The van der Waals surface area contributed by atoms with Crippen LogP contribution in [0, 0.1) is 0 Å². The Labute approximate surface area is 126 Å². The molecule has 1 fully saturated rings. The first kappa shape index (κ1) is 14.1. The van der Waals surface area contributed by atoms with Crippen molar-refractivity contribution in [3.05, 3.63) is 54.1 Å². The minimum absolute atomic E-state index is 0.260. The predicted molar refractivity (Wildman–Crippen MR) is 83.2 cm³/mol. The number of carbonyl (C=O) groups is 1. The molecule has 1 heterocycles. The molecule has 0 amide bonds. The van der Waals surface area contributed by atoms with Crippen molar-refractivity contribution in [1.82, 2.24) is 9.55 Å². The Hall–Kier alpha value is -1.90. The van der Waals surface area contributed by atoms with E-state index in [0.717, 1.165) is 38.1 Å². The van der Waals surface area contributed by atoms with Gasteiger partial charge in [-0.1, -0.05) is 43.7 Å². The first-order chi connectivity index (χ1) is 10.3. The van der Waals surface area contributed by atoms with E-state index in [1.54, 1.807) is 6.20 Å². The molecule has 2 aromatic rings. The van der Waals surface area contributed by atoms with Gasteiger partial charge in [-0.2, -0.15) is 0 Å². The molecule has 0 bridgehead atoms. The van der Waals surface area contributed by atoms with Gasteiger partial charge in [0.25, 0.3) is 0 Å². The summed E-state index contributed by atoms with van der Waals surface area (Å²) in [6.07, 6.45) is 8.37. The normalized spacial score (nSPS) is 16.4. The number of nitrogens with zero attached hydrogens (tertiary/aromatic N) is 2. The van der Waals surface area contributed by atoms with Crippen LogP contribution < -0.4 is 0 Å². The number of aromatic nitrogens is 2. The van der Waals surface area contributed by atoms with Gasteiger partial charge in [0.05, 0.1) is 11.8 Å². The Kier molecular flexibility index (Phi) is 3.91. The molecule has 3 nitrogen and oxygen atoms in total. The van der Waals surface area contributed by atoms with Crippen LogP contribution in [0.25, 0.3) is 0 Å². The van der Waals surface area contributed by atoms with Gasteiger partial charge in [-0.3, -0.25) is 4.79 Å². The smallest absolute Gasteiger partial charge is 0.150 e. The van der Waals surface area contributed by atoms with Gasteiger partial charge in [0.15, 0.2) is 5.78 Å². The standard InChI is InChI=1S/C18H22N2O/c1-2-12-20-13-11-19-17(20)14-16(21)18(9-6-10-18)15-7-4-3-5-8-15/h3-5,7-8,11,13H,2,6,9-10,12,14H2,1H3. The minimum atomic E-state index is -0.260. The van der Waals surface area contributed by atoms with E-state index < -0.39 is 0 Å². The molecule has 0 atom stereocenters. The largest absolute Gasteiger partial charge is 0.335 e. The summed E-state index contributed by atoms with van der Waals surface area (Å²) in [5.41, 5.74) is 0.916. The number of hydrogen-bond acceptors (Lipinski definition) is 2. The second kappa shape index (κ2) is 5.84.